The topological polar surface area (TPSA) is 86.7 Å². The summed E-state index contributed by atoms with van der Waals surface area (Å²) in [5.74, 6) is -0.695. The maximum Gasteiger partial charge on any atom is 0.404 e. The normalized spacial score (nSPS) is 14.4. The van der Waals surface area contributed by atoms with Crippen LogP contribution in [0.5, 0.6) is 0 Å². The van der Waals surface area contributed by atoms with Gasteiger partial charge >= 0.3 is 6.09 Å². The third-order valence-corrected chi connectivity index (χ3v) is 4.02. The van der Waals surface area contributed by atoms with Gasteiger partial charge in [-0.2, -0.15) is 0 Å². The lowest BCUT2D eigenvalue weighted by Gasteiger charge is -2.26. The summed E-state index contributed by atoms with van der Waals surface area (Å²) >= 11 is 0. The molecular weight excluding hydrogens is 308 g/mol. The zero-order valence-corrected chi connectivity index (χ0v) is 12.8. The Kier molecular flexibility index (Phi) is 4.29. The number of carboxylic acid groups (broad SMARTS) is 1. The van der Waals surface area contributed by atoms with E-state index in [-0.39, 0.29) is 18.4 Å². The fraction of sp³-hybridized carbons (Fsp3) is 0.167. The van der Waals surface area contributed by atoms with E-state index in [2.05, 4.69) is 5.32 Å². The third kappa shape index (κ3) is 2.86. The van der Waals surface area contributed by atoms with Crippen LogP contribution in [0, 0.1) is 0 Å². The number of benzene rings is 2. The van der Waals surface area contributed by atoms with Gasteiger partial charge in [0.05, 0.1) is 17.2 Å². The number of rotatable bonds is 5. The zero-order chi connectivity index (χ0) is 17.1. The van der Waals surface area contributed by atoms with Crippen molar-refractivity contribution < 1.29 is 19.5 Å². The van der Waals surface area contributed by atoms with Gasteiger partial charge in [-0.05, 0) is 24.1 Å². The maximum absolute atomic E-state index is 12.7. The quantitative estimate of drug-likeness (QED) is 0.828. The van der Waals surface area contributed by atoms with Crippen molar-refractivity contribution in [2.75, 3.05) is 6.54 Å². The van der Waals surface area contributed by atoms with Gasteiger partial charge in [0, 0.05) is 6.54 Å². The van der Waals surface area contributed by atoms with E-state index in [1.807, 2.05) is 30.3 Å². The first-order valence-electron chi connectivity index (χ1n) is 7.58. The van der Waals surface area contributed by atoms with Gasteiger partial charge in [0.25, 0.3) is 11.8 Å². The first-order chi connectivity index (χ1) is 11.6. The first kappa shape index (κ1) is 15.7. The highest BCUT2D eigenvalue weighted by atomic mass is 16.4. The Morgan fingerprint density at radius 2 is 1.50 bits per heavy atom. The van der Waals surface area contributed by atoms with Crippen molar-refractivity contribution in [2.45, 2.75) is 12.5 Å². The van der Waals surface area contributed by atoms with Crippen LogP contribution in [0.25, 0.3) is 0 Å². The fourth-order valence-corrected chi connectivity index (χ4v) is 2.93. The minimum absolute atomic E-state index is 0.141. The van der Waals surface area contributed by atoms with E-state index < -0.39 is 12.1 Å². The third-order valence-electron chi connectivity index (χ3n) is 4.02. The van der Waals surface area contributed by atoms with Gasteiger partial charge in [0.1, 0.15) is 0 Å². The zero-order valence-electron chi connectivity index (χ0n) is 12.8. The molecular formula is C18H16N2O4. The smallest absolute Gasteiger partial charge is 0.404 e. The van der Waals surface area contributed by atoms with Crippen LogP contribution in [0.2, 0.25) is 0 Å². The van der Waals surface area contributed by atoms with Crippen molar-refractivity contribution in [2.24, 2.45) is 0 Å². The number of hydrogen-bond donors (Lipinski definition) is 2. The van der Waals surface area contributed by atoms with E-state index in [9.17, 15) is 14.4 Å². The molecule has 1 heterocycles. The van der Waals surface area contributed by atoms with Gasteiger partial charge < -0.3 is 10.4 Å². The summed E-state index contributed by atoms with van der Waals surface area (Å²) in [5, 5.41) is 11.0. The molecule has 0 saturated carbocycles. The Labute approximate surface area is 138 Å². The summed E-state index contributed by atoms with van der Waals surface area (Å²) in [4.78, 5) is 37.3. The van der Waals surface area contributed by atoms with E-state index in [0.29, 0.717) is 17.5 Å². The lowest BCUT2D eigenvalue weighted by atomic mass is 10.0. The van der Waals surface area contributed by atoms with E-state index in [1.165, 1.54) is 4.90 Å². The molecule has 1 aliphatic heterocycles. The van der Waals surface area contributed by atoms with Crippen LogP contribution in [0.3, 0.4) is 0 Å². The maximum atomic E-state index is 12.7. The average molecular weight is 324 g/mol. The van der Waals surface area contributed by atoms with Gasteiger partial charge in [0.15, 0.2) is 0 Å². The van der Waals surface area contributed by atoms with Crippen molar-refractivity contribution >= 4 is 17.9 Å². The van der Waals surface area contributed by atoms with Gasteiger partial charge in [-0.15, -0.1) is 0 Å². The lowest BCUT2D eigenvalue weighted by Crippen LogP contribution is -2.36. The van der Waals surface area contributed by atoms with E-state index >= 15 is 0 Å². The van der Waals surface area contributed by atoms with Crippen molar-refractivity contribution in [3.05, 3.63) is 71.3 Å². The fourth-order valence-electron chi connectivity index (χ4n) is 2.93. The molecule has 1 aliphatic rings. The monoisotopic (exact) mass is 324 g/mol. The number of carbonyl (C=O) groups excluding carboxylic acids is 2. The SMILES string of the molecule is O=C(O)NCCC(c1ccccc1)N1C(=O)c2ccccc2C1=O. The molecule has 2 aromatic rings. The number of hydrogen-bond acceptors (Lipinski definition) is 3. The second-order valence-electron chi connectivity index (χ2n) is 5.47. The Morgan fingerprint density at radius 3 is 2.04 bits per heavy atom. The number of nitrogens with zero attached hydrogens (tertiary/aromatic N) is 1. The van der Waals surface area contributed by atoms with Crippen LogP contribution in [0.15, 0.2) is 54.6 Å². The molecule has 2 N–H and O–H groups in total. The van der Waals surface area contributed by atoms with Crippen LogP contribution < -0.4 is 5.32 Å². The summed E-state index contributed by atoms with van der Waals surface area (Å²) in [6.07, 6.45) is -0.828. The molecule has 6 nitrogen and oxygen atoms in total. The molecule has 0 bridgehead atoms. The Balaban J connectivity index is 1.93. The highest BCUT2D eigenvalue weighted by Gasteiger charge is 2.40. The largest absolute Gasteiger partial charge is 0.465 e. The second-order valence-corrected chi connectivity index (χ2v) is 5.47. The molecule has 122 valence electrons. The standard InChI is InChI=1S/C18H16N2O4/c21-16-13-8-4-5-9-14(13)17(22)20(16)15(10-11-19-18(23)24)12-6-2-1-3-7-12/h1-9,15,19H,10-11H2,(H,23,24). The van der Waals surface area contributed by atoms with Gasteiger partial charge in [-0.3, -0.25) is 14.5 Å². The van der Waals surface area contributed by atoms with Crippen LogP contribution >= 0.6 is 0 Å². The number of amides is 3. The molecule has 0 fully saturated rings. The predicted octanol–water partition coefficient (Wildman–Crippen LogP) is 2.68. The van der Waals surface area contributed by atoms with Crippen molar-refractivity contribution in [1.82, 2.24) is 10.2 Å². The Morgan fingerprint density at radius 1 is 0.958 bits per heavy atom. The van der Waals surface area contributed by atoms with Crippen molar-refractivity contribution in [3.63, 3.8) is 0 Å². The molecule has 1 atom stereocenters. The number of nitrogens with one attached hydrogen (secondary N) is 1. The second kappa shape index (κ2) is 6.54. The van der Waals surface area contributed by atoms with Crippen molar-refractivity contribution in [3.8, 4) is 0 Å². The highest BCUT2D eigenvalue weighted by Crippen LogP contribution is 2.33. The number of carbonyl (C=O) groups is 3. The Hall–Kier alpha value is -3.15. The van der Waals surface area contributed by atoms with E-state index in [0.717, 1.165) is 5.56 Å². The van der Waals surface area contributed by atoms with Crippen LogP contribution in [0.4, 0.5) is 4.79 Å². The summed E-state index contributed by atoms with van der Waals surface area (Å²) in [6.45, 7) is 0.141. The van der Waals surface area contributed by atoms with Crippen LogP contribution in [0.1, 0.15) is 38.7 Å². The molecule has 0 radical (unpaired) electrons. The van der Waals surface area contributed by atoms with E-state index in [1.54, 1.807) is 24.3 Å². The molecule has 6 heteroatoms. The molecule has 0 saturated heterocycles. The molecule has 0 aliphatic carbocycles. The predicted molar refractivity (Wildman–Crippen MR) is 86.8 cm³/mol. The molecule has 24 heavy (non-hydrogen) atoms. The molecule has 0 aromatic heterocycles. The summed E-state index contributed by atoms with van der Waals surface area (Å²) < 4.78 is 0. The lowest BCUT2D eigenvalue weighted by molar-refractivity contribution is 0.0575. The average Bonchev–Trinajstić information content (AvgIpc) is 2.84. The summed E-state index contributed by atoms with van der Waals surface area (Å²) in [7, 11) is 0. The number of fused-ring (bicyclic) bond motifs is 1. The molecule has 0 spiro atoms. The summed E-state index contributed by atoms with van der Waals surface area (Å²) in [5.41, 5.74) is 1.56. The van der Waals surface area contributed by atoms with Gasteiger partial charge in [0.2, 0.25) is 0 Å². The van der Waals surface area contributed by atoms with Gasteiger partial charge in [-0.25, -0.2) is 4.79 Å². The molecule has 2 aromatic carbocycles. The molecule has 3 amide bonds. The minimum Gasteiger partial charge on any atom is -0.465 e. The summed E-state index contributed by atoms with van der Waals surface area (Å²) in [6, 6.07) is 15.3. The number of imide groups is 1. The van der Waals surface area contributed by atoms with Crippen LogP contribution in [-0.2, 0) is 0 Å². The minimum atomic E-state index is -1.14. The van der Waals surface area contributed by atoms with E-state index in [4.69, 9.17) is 5.11 Å². The first-order valence-corrected chi connectivity index (χ1v) is 7.58. The Bertz CT molecular complexity index is 754. The van der Waals surface area contributed by atoms with Crippen molar-refractivity contribution in [1.29, 1.82) is 0 Å². The molecule has 3 rings (SSSR count). The highest BCUT2D eigenvalue weighted by molar-refractivity contribution is 6.21. The van der Waals surface area contributed by atoms with Crippen LogP contribution in [-0.4, -0.2) is 34.5 Å². The molecule has 1 unspecified atom stereocenters. The van der Waals surface area contributed by atoms with Gasteiger partial charge in [-0.1, -0.05) is 42.5 Å².